The number of carbonyl (C=O) groups is 2. The lowest BCUT2D eigenvalue weighted by Crippen LogP contribution is -2.50. The third kappa shape index (κ3) is 4.51. The summed E-state index contributed by atoms with van der Waals surface area (Å²) < 4.78 is 0. The van der Waals surface area contributed by atoms with Gasteiger partial charge in [0.2, 0.25) is 11.8 Å². The molecule has 0 saturated carbocycles. The summed E-state index contributed by atoms with van der Waals surface area (Å²) in [5.41, 5.74) is 3.45. The fourth-order valence-corrected chi connectivity index (χ4v) is 4.26. The molecule has 0 bridgehead atoms. The number of aryl methyl sites for hydroxylation is 1. The van der Waals surface area contributed by atoms with Crippen molar-refractivity contribution in [3.8, 4) is 0 Å². The Morgan fingerprint density at radius 1 is 0.931 bits per heavy atom. The number of rotatable bonds is 5. The summed E-state index contributed by atoms with van der Waals surface area (Å²) >= 11 is 0. The van der Waals surface area contributed by atoms with Gasteiger partial charge < -0.3 is 9.80 Å². The van der Waals surface area contributed by atoms with Crippen molar-refractivity contribution < 1.29 is 9.59 Å². The van der Waals surface area contributed by atoms with Gasteiger partial charge in [0.1, 0.15) is 0 Å². The molecule has 2 fully saturated rings. The van der Waals surface area contributed by atoms with Gasteiger partial charge in [-0.25, -0.2) is 0 Å². The maximum absolute atomic E-state index is 13.0. The minimum absolute atomic E-state index is 0.0512. The van der Waals surface area contributed by atoms with E-state index in [1.165, 1.54) is 11.1 Å². The van der Waals surface area contributed by atoms with E-state index in [2.05, 4.69) is 48.2 Å². The molecule has 5 nitrogen and oxygen atoms in total. The molecule has 2 aromatic rings. The van der Waals surface area contributed by atoms with Crippen LogP contribution in [0.5, 0.6) is 0 Å². The molecule has 0 N–H and O–H groups in total. The molecule has 2 amide bonds. The van der Waals surface area contributed by atoms with Crippen molar-refractivity contribution >= 4 is 17.5 Å². The van der Waals surface area contributed by atoms with Gasteiger partial charge in [0.15, 0.2) is 0 Å². The number of benzene rings is 2. The molecule has 152 valence electrons. The maximum atomic E-state index is 13.0. The lowest BCUT2D eigenvalue weighted by molar-refractivity contribution is -0.137. The Bertz CT molecular complexity index is 842. The topological polar surface area (TPSA) is 43.9 Å². The average molecular weight is 392 g/mol. The third-order valence-electron chi connectivity index (χ3n) is 6.06. The van der Waals surface area contributed by atoms with Crippen molar-refractivity contribution in [3.05, 3.63) is 65.7 Å². The summed E-state index contributed by atoms with van der Waals surface area (Å²) in [5, 5.41) is 0. The second-order valence-corrected chi connectivity index (χ2v) is 8.01. The standard InChI is InChI=1S/C24H29N3O2/c1-2-19-8-10-22(11-9-19)27-18-21(16-23(27)28)24(29)26-14-12-25(13-15-26)17-20-6-4-3-5-7-20/h3-11,21H,2,12-18H2,1H3/t21-/m0/s1. The Balaban J connectivity index is 1.31. The lowest BCUT2D eigenvalue weighted by atomic mass is 10.1. The van der Waals surface area contributed by atoms with Crippen LogP contribution in [0.4, 0.5) is 5.69 Å². The highest BCUT2D eigenvalue weighted by atomic mass is 16.2. The first-order chi connectivity index (χ1) is 14.1. The van der Waals surface area contributed by atoms with Gasteiger partial charge in [-0.3, -0.25) is 14.5 Å². The smallest absolute Gasteiger partial charge is 0.228 e. The van der Waals surface area contributed by atoms with Crippen LogP contribution in [0.15, 0.2) is 54.6 Å². The summed E-state index contributed by atoms with van der Waals surface area (Å²) in [7, 11) is 0. The Labute approximate surface area is 172 Å². The Kier molecular flexibility index (Phi) is 5.95. The molecular formula is C24H29N3O2. The monoisotopic (exact) mass is 391 g/mol. The summed E-state index contributed by atoms with van der Waals surface area (Å²) in [6.07, 6.45) is 1.30. The average Bonchev–Trinajstić information content (AvgIpc) is 3.16. The summed E-state index contributed by atoms with van der Waals surface area (Å²) in [6, 6.07) is 18.5. The van der Waals surface area contributed by atoms with Gasteiger partial charge in [-0.2, -0.15) is 0 Å². The maximum Gasteiger partial charge on any atom is 0.228 e. The van der Waals surface area contributed by atoms with Crippen LogP contribution >= 0.6 is 0 Å². The lowest BCUT2D eigenvalue weighted by Gasteiger charge is -2.36. The van der Waals surface area contributed by atoms with Gasteiger partial charge in [-0.1, -0.05) is 49.4 Å². The van der Waals surface area contributed by atoms with E-state index in [9.17, 15) is 9.59 Å². The molecule has 0 aromatic heterocycles. The van der Waals surface area contributed by atoms with E-state index in [4.69, 9.17) is 0 Å². The third-order valence-corrected chi connectivity index (χ3v) is 6.06. The minimum Gasteiger partial charge on any atom is -0.340 e. The van der Waals surface area contributed by atoms with Crippen molar-refractivity contribution in [3.63, 3.8) is 0 Å². The van der Waals surface area contributed by atoms with Crippen molar-refractivity contribution in [1.82, 2.24) is 9.80 Å². The van der Waals surface area contributed by atoms with E-state index < -0.39 is 0 Å². The highest BCUT2D eigenvalue weighted by Crippen LogP contribution is 2.27. The quantitative estimate of drug-likeness (QED) is 0.787. The molecule has 2 saturated heterocycles. The minimum atomic E-state index is -0.228. The van der Waals surface area contributed by atoms with Crippen LogP contribution in [0.2, 0.25) is 0 Å². The van der Waals surface area contributed by atoms with E-state index in [0.717, 1.165) is 44.8 Å². The zero-order valence-corrected chi connectivity index (χ0v) is 17.1. The van der Waals surface area contributed by atoms with Crippen LogP contribution in [-0.4, -0.2) is 54.3 Å². The molecule has 0 radical (unpaired) electrons. The SMILES string of the molecule is CCc1ccc(N2C[C@@H](C(=O)N3CCN(Cc4ccccc4)CC3)CC2=O)cc1. The van der Waals surface area contributed by atoms with Gasteiger partial charge in [0.05, 0.1) is 5.92 Å². The zero-order valence-electron chi connectivity index (χ0n) is 17.1. The van der Waals surface area contributed by atoms with Gasteiger partial charge >= 0.3 is 0 Å². The Morgan fingerprint density at radius 2 is 1.62 bits per heavy atom. The van der Waals surface area contributed by atoms with Crippen molar-refractivity contribution in [2.75, 3.05) is 37.6 Å². The second-order valence-electron chi connectivity index (χ2n) is 8.01. The summed E-state index contributed by atoms with van der Waals surface area (Å²) in [4.78, 5) is 31.7. The zero-order chi connectivity index (χ0) is 20.2. The highest BCUT2D eigenvalue weighted by molar-refractivity contribution is 6.00. The first-order valence-electron chi connectivity index (χ1n) is 10.6. The normalized spacial score (nSPS) is 20.3. The van der Waals surface area contributed by atoms with E-state index in [0.29, 0.717) is 13.0 Å². The number of anilines is 1. The summed E-state index contributed by atoms with van der Waals surface area (Å²) in [5.74, 6) is -0.0465. The Morgan fingerprint density at radius 3 is 2.28 bits per heavy atom. The second kappa shape index (κ2) is 8.78. The molecule has 1 atom stereocenters. The van der Waals surface area contributed by atoms with Crippen molar-refractivity contribution in [2.24, 2.45) is 5.92 Å². The highest BCUT2D eigenvalue weighted by Gasteiger charge is 2.37. The van der Waals surface area contributed by atoms with Gasteiger partial charge in [0.25, 0.3) is 0 Å². The predicted octanol–water partition coefficient (Wildman–Crippen LogP) is 2.95. The molecule has 4 rings (SSSR count). The number of hydrogen-bond donors (Lipinski definition) is 0. The molecule has 2 aromatic carbocycles. The van der Waals surface area contributed by atoms with E-state index in [1.54, 1.807) is 4.90 Å². The number of amides is 2. The number of hydrogen-bond acceptors (Lipinski definition) is 3. The fourth-order valence-electron chi connectivity index (χ4n) is 4.26. The predicted molar refractivity (Wildman–Crippen MR) is 115 cm³/mol. The first-order valence-corrected chi connectivity index (χ1v) is 10.6. The fraction of sp³-hybridized carbons (Fsp3) is 0.417. The molecule has 2 aliphatic rings. The van der Waals surface area contributed by atoms with Crippen LogP contribution in [-0.2, 0) is 22.6 Å². The number of nitrogens with zero attached hydrogens (tertiary/aromatic N) is 3. The Hall–Kier alpha value is -2.66. The van der Waals surface area contributed by atoms with E-state index in [-0.39, 0.29) is 17.7 Å². The van der Waals surface area contributed by atoms with Crippen molar-refractivity contribution in [2.45, 2.75) is 26.3 Å². The molecule has 2 heterocycles. The van der Waals surface area contributed by atoms with Crippen LogP contribution < -0.4 is 4.90 Å². The van der Waals surface area contributed by atoms with Crippen LogP contribution in [0.1, 0.15) is 24.5 Å². The molecule has 29 heavy (non-hydrogen) atoms. The molecule has 5 heteroatoms. The summed E-state index contributed by atoms with van der Waals surface area (Å²) in [6.45, 7) is 6.76. The van der Waals surface area contributed by atoms with Gasteiger partial charge in [0, 0.05) is 51.4 Å². The van der Waals surface area contributed by atoms with Crippen LogP contribution in [0.3, 0.4) is 0 Å². The molecule has 2 aliphatic heterocycles. The number of carbonyl (C=O) groups excluding carboxylic acids is 2. The van der Waals surface area contributed by atoms with E-state index >= 15 is 0 Å². The molecular weight excluding hydrogens is 362 g/mol. The molecule has 0 aliphatic carbocycles. The first kappa shape index (κ1) is 19.6. The van der Waals surface area contributed by atoms with Crippen LogP contribution in [0.25, 0.3) is 0 Å². The van der Waals surface area contributed by atoms with Crippen LogP contribution in [0, 0.1) is 5.92 Å². The number of piperazine rings is 1. The molecule has 0 spiro atoms. The van der Waals surface area contributed by atoms with E-state index in [1.807, 2.05) is 23.1 Å². The van der Waals surface area contributed by atoms with Gasteiger partial charge in [-0.05, 0) is 29.7 Å². The molecule has 0 unspecified atom stereocenters. The van der Waals surface area contributed by atoms with Gasteiger partial charge in [-0.15, -0.1) is 0 Å². The van der Waals surface area contributed by atoms with Crippen molar-refractivity contribution in [1.29, 1.82) is 0 Å². The largest absolute Gasteiger partial charge is 0.340 e.